The van der Waals surface area contributed by atoms with E-state index in [1.54, 1.807) is 11.2 Å². The number of thioether (sulfide) groups is 1. The van der Waals surface area contributed by atoms with Crippen molar-refractivity contribution in [2.24, 2.45) is 5.92 Å². The van der Waals surface area contributed by atoms with Crippen LogP contribution in [0.4, 0.5) is 0 Å². The van der Waals surface area contributed by atoms with Crippen molar-refractivity contribution in [2.75, 3.05) is 24.6 Å². The summed E-state index contributed by atoms with van der Waals surface area (Å²) in [5.74, 6) is 2.35. The second-order valence-electron chi connectivity index (χ2n) is 5.95. The second kappa shape index (κ2) is 6.71. The predicted octanol–water partition coefficient (Wildman–Crippen LogP) is 2.28. The number of aromatic nitrogens is 2. The largest absolute Gasteiger partial charge is 0.268 e. The van der Waals surface area contributed by atoms with Gasteiger partial charge in [-0.25, -0.2) is 8.42 Å². The van der Waals surface area contributed by atoms with Crippen molar-refractivity contribution in [1.29, 1.82) is 0 Å². The fourth-order valence-electron chi connectivity index (χ4n) is 2.67. The average molecular weight is 332 g/mol. The lowest BCUT2D eigenvalue weighted by Crippen LogP contribution is -2.33. The zero-order valence-electron chi connectivity index (χ0n) is 13.3. The van der Waals surface area contributed by atoms with E-state index in [4.69, 9.17) is 0 Å². The Bertz CT molecular complexity index is 586. The first-order valence-corrected chi connectivity index (χ1v) is 10.1. The van der Waals surface area contributed by atoms with E-state index < -0.39 is 10.0 Å². The Morgan fingerprint density at radius 2 is 1.95 bits per heavy atom. The summed E-state index contributed by atoms with van der Waals surface area (Å²) in [6, 6.07) is 0. The summed E-state index contributed by atoms with van der Waals surface area (Å²) in [5.41, 5.74) is 1.38. The standard InChI is InChI=1S/C14H25N3O2S2/c1-11(2)10-17-13(4)14(12(3)15-17)21(18,19)16-6-5-8-20-9-7-16/h11H,5-10H2,1-4H3. The molecule has 0 saturated carbocycles. The Hall–Kier alpha value is -0.530. The zero-order valence-corrected chi connectivity index (χ0v) is 14.9. The zero-order chi connectivity index (χ0) is 15.6. The lowest BCUT2D eigenvalue weighted by atomic mass is 10.2. The molecule has 2 heterocycles. The lowest BCUT2D eigenvalue weighted by Gasteiger charge is -2.20. The number of hydrogen-bond acceptors (Lipinski definition) is 4. The molecule has 2 rings (SSSR count). The van der Waals surface area contributed by atoms with Crippen molar-refractivity contribution in [1.82, 2.24) is 14.1 Å². The van der Waals surface area contributed by atoms with Crippen LogP contribution in [-0.2, 0) is 16.6 Å². The Kier molecular flexibility index (Phi) is 5.38. The fraction of sp³-hybridized carbons (Fsp3) is 0.786. The minimum absolute atomic E-state index is 0.412. The summed E-state index contributed by atoms with van der Waals surface area (Å²) in [4.78, 5) is 0.412. The van der Waals surface area contributed by atoms with Crippen LogP contribution in [0.3, 0.4) is 0 Å². The molecule has 1 aliphatic heterocycles. The molecule has 120 valence electrons. The van der Waals surface area contributed by atoms with Crippen LogP contribution in [0.1, 0.15) is 31.7 Å². The van der Waals surface area contributed by atoms with E-state index in [2.05, 4.69) is 18.9 Å². The SMILES string of the molecule is Cc1nn(CC(C)C)c(C)c1S(=O)(=O)N1CCCSCC1. The van der Waals surface area contributed by atoms with Crippen molar-refractivity contribution in [2.45, 2.75) is 45.6 Å². The topological polar surface area (TPSA) is 55.2 Å². The van der Waals surface area contributed by atoms with Crippen LogP contribution in [0, 0.1) is 19.8 Å². The summed E-state index contributed by atoms with van der Waals surface area (Å²) in [6.45, 7) is 9.83. The number of nitrogens with zero attached hydrogens (tertiary/aromatic N) is 3. The first-order chi connectivity index (χ1) is 9.84. The van der Waals surface area contributed by atoms with E-state index in [1.165, 1.54) is 0 Å². The molecule has 0 N–H and O–H groups in total. The van der Waals surface area contributed by atoms with Gasteiger partial charge in [0.15, 0.2) is 0 Å². The van der Waals surface area contributed by atoms with Crippen LogP contribution in [0.5, 0.6) is 0 Å². The van der Waals surface area contributed by atoms with Crippen molar-refractivity contribution in [3.8, 4) is 0 Å². The molecular weight excluding hydrogens is 306 g/mol. The highest BCUT2D eigenvalue weighted by molar-refractivity contribution is 7.99. The minimum Gasteiger partial charge on any atom is -0.268 e. The Morgan fingerprint density at radius 3 is 2.62 bits per heavy atom. The van der Waals surface area contributed by atoms with Crippen LogP contribution in [-0.4, -0.2) is 47.1 Å². The van der Waals surface area contributed by atoms with Gasteiger partial charge in [-0.2, -0.15) is 21.2 Å². The molecule has 0 bridgehead atoms. The second-order valence-corrected chi connectivity index (χ2v) is 9.05. The predicted molar refractivity (Wildman–Crippen MR) is 87.2 cm³/mol. The Morgan fingerprint density at radius 1 is 1.24 bits per heavy atom. The van der Waals surface area contributed by atoms with Crippen molar-refractivity contribution in [3.63, 3.8) is 0 Å². The number of sulfonamides is 1. The van der Waals surface area contributed by atoms with Gasteiger partial charge in [0.2, 0.25) is 10.0 Å². The van der Waals surface area contributed by atoms with Gasteiger partial charge in [-0.1, -0.05) is 13.8 Å². The summed E-state index contributed by atoms with van der Waals surface area (Å²) in [5, 5.41) is 4.44. The van der Waals surface area contributed by atoms with Gasteiger partial charge in [-0.3, -0.25) is 4.68 Å². The molecule has 21 heavy (non-hydrogen) atoms. The maximum absolute atomic E-state index is 12.9. The molecule has 5 nitrogen and oxygen atoms in total. The van der Waals surface area contributed by atoms with Crippen molar-refractivity contribution < 1.29 is 8.42 Å². The average Bonchev–Trinajstić information content (AvgIpc) is 2.60. The maximum atomic E-state index is 12.9. The monoisotopic (exact) mass is 331 g/mol. The Labute approximate surface area is 132 Å². The summed E-state index contributed by atoms with van der Waals surface area (Å²) < 4.78 is 29.3. The van der Waals surface area contributed by atoms with Gasteiger partial charge in [0.05, 0.1) is 11.4 Å². The van der Waals surface area contributed by atoms with E-state index in [1.807, 2.05) is 23.4 Å². The van der Waals surface area contributed by atoms with Gasteiger partial charge in [0.1, 0.15) is 4.90 Å². The molecule has 0 spiro atoms. The van der Waals surface area contributed by atoms with Crippen molar-refractivity contribution >= 4 is 21.8 Å². The molecule has 7 heteroatoms. The third kappa shape index (κ3) is 3.63. The molecule has 1 fully saturated rings. The van der Waals surface area contributed by atoms with Gasteiger partial charge in [0, 0.05) is 25.4 Å². The molecule has 0 aromatic carbocycles. The van der Waals surface area contributed by atoms with Crippen LogP contribution in [0.25, 0.3) is 0 Å². The first kappa shape index (κ1) is 16.8. The van der Waals surface area contributed by atoms with Crippen LogP contribution >= 0.6 is 11.8 Å². The van der Waals surface area contributed by atoms with E-state index in [-0.39, 0.29) is 0 Å². The minimum atomic E-state index is -3.43. The molecule has 1 aromatic heterocycles. The first-order valence-electron chi connectivity index (χ1n) is 7.46. The normalized spacial score (nSPS) is 18.1. The highest BCUT2D eigenvalue weighted by Crippen LogP contribution is 2.26. The maximum Gasteiger partial charge on any atom is 0.246 e. The highest BCUT2D eigenvalue weighted by Gasteiger charge is 2.31. The molecule has 0 amide bonds. The highest BCUT2D eigenvalue weighted by atomic mass is 32.2. The third-order valence-corrected chi connectivity index (χ3v) is 6.83. The molecule has 0 radical (unpaired) electrons. The number of rotatable bonds is 4. The number of aryl methyl sites for hydroxylation is 1. The van der Waals surface area contributed by atoms with E-state index in [0.717, 1.165) is 30.2 Å². The van der Waals surface area contributed by atoms with Gasteiger partial charge < -0.3 is 0 Å². The van der Waals surface area contributed by atoms with Gasteiger partial charge in [-0.05, 0) is 31.9 Å². The molecular formula is C14H25N3O2S2. The van der Waals surface area contributed by atoms with Gasteiger partial charge in [-0.15, -0.1) is 0 Å². The van der Waals surface area contributed by atoms with E-state index in [0.29, 0.717) is 29.6 Å². The van der Waals surface area contributed by atoms with E-state index in [9.17, 15) is 8.42 Å². The van der Waals surface area contributed by atoms with Crippen LogP contribution in [0.15, 0.2) is 4.90 Å². The molecule has 1 saturated heterocycles. The molecule has 1 aliphatic rings. The van der Waals surface area contributed by atoms with Gasteiger partial charge >= 0.3 is 0 Å². The fourth-order valence-corrected chi connectivity index (χ4v) is 5.52. The number of hydrogen-bond donors (Lipinski definition) is 0. The summed E-state index contributed by atoms with van der Waals surface area (Å²) in [7, 11) is -3.43. The Balaban J connectivity index is 2.37. The van der Waals surface area contributed by atoms with Crippen LogP contribution in [0.2, 0.25) is 0 Å². The smallest absolute Gasteiger partial charge is 0.246 e. The quantitative estimate of drug-likeness (QED) is 0.849. The summed E-state index contributed by atoms with van der Waals surface area (Å²) >= 11 is 1.83. The third-order valence-electron chi connectivity index (χ3n) is 3.63. The van der Waals surface area contributed by atoms with Gasteiger partial charge in [0.25, 0.3) is 0 Å². The lowest BCUT2D eigenvalue weighted by molar-refractivity contribution is 0.433. The molecule has 0 aliphatic carbocycles. The van der Waals surface area contributed by atoms with Crippen LogP contribution < -0.4 is 0 Å². The molecule has 1 aromatic rings. The molecule has 0 atom stereocenters. The summed E-state index contributed by atoms with van der Waals surface area (Å²) in [6.07, 6.45) is 0.919. The molecule has 0 unspecified atom stereocenters. The van der Waals surface area contributed by atoms with Crippen molar-refractivity contribution in [3.05, 3.63) is 11.4 Å². The van der Waals surface area contributed by atoms with E-state index >= 15 is 0 Å².